The second kappa shape index (κ2) is 18.9. The van der Waals surface area contributed by atoms with E-state index in [-0.39, 0.29) is 0 Å². The van der Waals surface area contributed by atoms with Crippen molar-refractivity contribution in [3.63, 3.8) is 0 Å². The molecule has 1 saturated heterocycles. The number of hydrogen-bond acceptors (Lipinski definition) is 11. The highest BCUT2D eigenvalue weighted by molar-refractivity contribution is 5.75. The maximum Gasteiger partial charge on any atom is 0.137 e. The zero-order chi connectivity index (χ0) is 30.5. The molecule has 8 rings (SSSR count). The lowest BCUT2D eigenvalue weighted by atomic mass is 9.95. The van der Waals surface area contributed by atoms with E-state index in [2.05, 4.69) is 96.0 Å². The summed E-state index contributed by atoms with van der Waals surface area (Å²) < 4.78 is 0. The molecule has 0 radical (unpaired) electrons. The Hall–Kier alpha value is -5.38. The summed E-state index contributed by atoms with van der Waals surface area (Å²) in [5.41, 5.74) is 7.33. The van der Waals surface area contributed by atoms with Crippen molar-refractivity contribution in [3.8, 4) is 0 Å². The van der Waals surface area contributed by atoms with Gasteiger partial charge in [-0.25, -0.2) is 4.98 Å². The second-order valence-corrected chi connectivity index (χ2v) is 8.79. The van der Waals surface area contributed by atoms with Crippen LogP contribution in [0.2, 0.25) is 0 Å². The quantitative estimate of drug-likeness (QED) is 0.163. The zero-order valence-electron chi connectivity index (χ0n) is 24.7. The topological polar surface area (TPSA) is 220 Å². The van der Waals surface area contributed by atoms with Crippen molar-refractivity contribution in [1.29, 1.82) is 0 Å². The van der Waals surface area contributed by atoms with Crippen molar-refractivity contribution in [2.45, 2.75) is 46.5 Å². The van der Waals surface area contributed by atoms with Gasteiger partial charge in [-0.1, -0.05) is 26.0 Å². The number of nitrogens with one attached hydrogen (secondary N) is 6. The fourth-order valence-corrected chi connectivity index (χ4v) is 3.74. The van der Waals surface area contributed by atoms with Crippen LogP contribution in [0, 0.1) is 13.8 Å². The number of H-pyrrole nitrogens is 5. The number of fused-ring (bicyclic) bond motifs is 2. The average Bonchev–Trinajstić information content (AvgIpc) is 3.91. The summed E-state index contributed by atoms with van der Waals surface area (Å²) in [7, 11) is 0. The van der Waals surface area contributed by atoms with Crippen LogP contribution in [-0.2, 0) is 0 Å². The minimum atomic E-state index is 0.620. The number of nitrogens with zero attached hydrogens (tertiary/aromatic N) is 10. The molecule has 0 spiro atoms. The fraction of sp³-hybridized carbons (Fsp3) is 0.333. The van der Waals surface area contributed by atoms with Gasteiger partial charge in [-0.15, -0.1) is 0 Å². The van der Waals surface area contributed by atoms with Crippen LogP contribution in [0.4, 0.5) is 0 Å². The van der Waals surface area contributed by atoms with Gasteiger partial charge < -0.3 is 5.32 Å². The largest absolute Gasteiger partial charge is 0.317 e. The van der Waals surface area contributed by atoms with Crippen LogP contribution in [0.1, 0.15) is 49.4 Å². The highest BCUT2D eigenvalue weighted by atomic mass is 15.3. The summed E-state index contributed by atoms with van der Waals surface area (Å²) in [6.07, 6.45) is 10.3. The standard InChI is InChI=1S/C8H9N3.C7H12N4.C6H5N3.2C2H3N3.C2H6/c1-5-3-7-8(4-6(5)2)10-11-9-7;1-3-8-4-2-6(1)7-5-9-11-10-7;1-2-4-6-5(3-1)7-9-8-6;1-3-2-5-4-1;1-2-4-5-3-1;1-2/h3-4H,1-2H3,(H,9,10,11);5-6,8H,1-4H2,(H,9,10,11);1-4H,(H,7,8,9);2*1-2H,(H,3,4,5);1-2H3. The molecule has 0 atom stereocenters. The summed E-state index contributed by atoms with van der Waals surface area (Å²) in [5, 5.41) is 50.0. The van der Waals surface area contributed by atoms with Crippen LogP contribution < -0.4 is 5.32 Å². The minimum Gasteiger partial charge on any atom is -0.317 e. The predicted molar refractivity (Wildman–Crippen MR) is 163 cm³/mol. The number of piperidine rings is 1. The van der Waals surface area contributed by atoms with Gasteiger partial charge in [0.1, 0.15) is 34.7 Å². The number of aromatic nitrogens is 15. The van der Waals surface area contributed by atoms with Gasteiger partial charge in [0, 0.05) is 5.92 Å². The highest BCUT2D eigenvalue weighted by Gasteiger charge is 2.16. The molecule has 1 aliphatic rings. The van der Waals surface area contributed by atoms with Gasteiger partial charge in [0.25, 0.3) is 0 Å². The molecule has 0 saturated carbocycles. The van der Waals surface area contributed by atoms with Crippen molar-refractivity contribution in [1.82, 2.24) is 82.1 Å². The van der Waals surface area contributed by atoms with Gasteiger partial charge in [-0.2, -0.15) is 66.7 Å². The lowest BCUT2D eigenvalue weighted by molar-refractivity contribution is 0.453. The van der Waals surface area contributed by atoms with E-state index >= 15 is 0 Å². The molecule has 5 aromatic heterocycles. The van der Waals surface area contributed by atoms with Crippen LogP contribution in [-0.4, -0.2) is 89.9 Å². The summed E-state index contributed by atoms with van der Waals surface area (Å²) in [5.74, 6) is 0.620. The van der Waals surface area contributed by atoms with E-state index in [0.717, 1.165) is 40.9 Å². The number of para-hydroxylation sites is 2. The van der Waals surface area contributed by atoms with Crippen LogP contribution >= 0.6 is 0 Å². The Morgan fingerprint density at radius 1 is 0.651 bits per heavy atom. The van der Waals surface area contributed by atoms with Crippen molar-refractivity contribution in [2.24, 2.45) is 0 Å². The minimum absolute atomic E-state index is 0.620. The van der Waals surface area contributed by atoms with Crippen LogP contribution in [0.25, 0.3) is 22.1 Å². The van der Waals surface area contributed by atoms with Crippen molar-refractivity contribution in [3.05, 3.63) is 84.5 Å². The van der Waals surface area contributed by atoms with Crippen molar-refractivity contribution in [2.75, 3.05) is 13.1 Å². The fourth-order valence-electron chi connectivity index (χ4n) is 3.74. The molecular formula is C27H38N16. The molecule has 43 heavy (non-hydrogen) atoms. The molecule has 1 aliphatic heterocycles. The Balaban J connectivity index is 0.000000150. The van der Waals surface area contributed by atoms with Gasteiger partial charge in [0.2, 0.25) is 0 Å². The van der Waals surface area contributed by atoms with Gasteiger partial charge in [-0.3, -0.25) is 5.10 Å². The summed E-state index contributed by atoms with van der Waals surface area (Å²) in [6.45, 7) is 10.4. The number of benzene rings is 2. The van der Waals surface area contributed by atoms with E-state index in [1.165, 1.54) is 36.6 Å². The first-order valence-electron chi connectivity index (χ1n) is 13.9. The van der Waals surface area contributed by atoms with Gasteiger partial charge >= 0.3 is 0 Å². The predicted octanol–water partition coefficient (Wildman–Crippen LogP) is 3.44. The number of rotatable bonds is 1. The molecule has 1 fully saturated rings. The first-order chi connectivity index (χ1) is 21.2. The third kappa shape index (κ3) is 11.2. The van der Waals surface area contributed by atoms with E-state index < -0.39 is 0 Å². The van der Waals surface area contributed by atoms with E-state index in [1.807, 2.05) is 56.4 Å². The maximum atomic E-state index is 4.08. The molecule has 16 nitrogen and oxygen atoms in total. The lowest BCUT2D eigenvalue weighted by Crippen LogP contribution is -2.26. The molecule has 0 aliphatic carbocycles. The number of aryl methyl sites for hydroxylation is 2. The van der Waals surface area contributed by atoms with Crippen LogP contribution in [0.5, 0.6) is 0 Å². The average molecular weight is 587 g/mol. The SMILES string of the molecule is CC.Cc1cc2n[nH]nc2cc1C.c1ccc2n[nH]nc2c1.c1cn[nH]n1.c1n[nH]nc1C1CCNCC1.c1nc[nH]n1. The Labute approximate surface area is 248 Å². The molecule has 7 aromatic rings. The Kier molecular flexibility index (Phi) is 14.1. The highest BCUT2D eigenvalue weighted by Crippen LogP contribution is 2.21. The summed E-state index contributed by atoms with van der Waals surface area (Å²) >= 11 is 0. The first kappa shape index (κ1) is 32.1. The maximum absolute atomic E-state index is 4.08. The molecule has 6 N–H and O–H groups in total. The number of aromatic amines is 5. The third-order valence-electron chi connectivity index (χ3n) is 6.01. The normalized spacial score (nSPS) is 12.1. The van der Waals surface area contributed by atoms with Gasteiger partial charge in [0.05, 0.1) is 24.3 Å². The Bertz CT molecular complexity index is 1470. The van der Waals surface area contributed by atoms with E-state index in [4.69, 9.17) is 0 Å². The molecular weight excluding hydrogens is 548 g/mol. The molecule has 16 heteroatoms. The Morgan fingerprint density at radius 3 is 1.65 bits per heavy atom. The monoisotopic (exact) mass is 586 g/mol. The third-order valence-corrected chi connectivity index (χ3v) is 6.01. The second-order valence-electron chi connectivity index (χ2n) is 8.79. The molecule has 226 valence electrons. The first-order valence-corrected chi connectivity index (χ1v) is 13.9. The van der Waals surface area contributed by atoms with Crippen LogP contribution in [0.3, 0.4) is 0 Å². The summed E-state index contributed by atoms with van der Waals surface area (Å²) in [4.78, 5) is 3.56. The van der Waals surface area contributed by atoms with E-state index in [0.29, 0.717) is 5.92 Å². The molecule has 6 heterocycles. The van der Waals surface area contributed by atoms with Gasteiger partial charge in [0.15, 0.2) is 0 Å². The van der Waals surface area contributed by atoms with Crippen molar-refractivity contribution >= 4 is 22.1 Å². The lowest BCUT2D eigenvalue weighted by Gasteiger charge is -2.19. The summed E-state index contributed by atoms with van der Waals surface area (Å²) in [6, 6.07) is 11.8. The molecule has 0 unspecified atom stereocenters. The molecule has 2 aromatic carbocycles. The molecule has 0 bridgehead atoms. The van der Waals surface area contributed by atoms with Crippen LogP contribution in [0.15, 0.2) is 67.6 Å². The molecule has 0 amide bonds. The number of hydrogen-bond donors (Lipinski definition) is 6. The van der Waals surface area contributed by atoms with Gasteiger partial charge in [-0.05, 0) is 75.2 Å². The van der Waals surface area contributed by atoms with E-state index in [1.54, 1.807) is 12.4 Å². The zero-order valence-corrected chi connectivity index (χ0v) is 24.7. The smallest absolute Gasteiger partial charge is 0.137 e. The van der Waals surface area contributed by atoms with Crippen molar-refractivity contribution < 1.29 is 0 Å². The Morgan fingerprint density at radius 2 is 1.23 bits per heavy atom. The van der Waals surface area contributed by atoms with E-state index in [9.17, 15) is 0 Å².